The minimum atomic E-state index is -0.0828. The van der Waals surface area contributed by atoms with Crippen LogP contribution in [0.15, 0.2) is 54.6 Å². The largest absolute Gasteiger partial charge is 0.497 e. The van der Waals surface area contributed by atoms with Crippen LogP contribution in [-0.2, 0) is 5.41 Å². The van der Waals surface area contributed by atoms with Crippen LogP contribution in [0.25, 0.3) is 17.3 Å². The Kier molecular flexibility index (Phi) is 5.36. The molecule has 2 aromatic carbocycles. The van der Waals surface area contributed by atoms with E-state index in [0.29, 0.717) is 0 Å². The third-order valence-corrected chi connectivity index (χ3v) is 6.08. The van der Waals surface area contributed by atoms with E-state index >= 15 is 0 Å². The highest BCUT2D eigenvalue weighted by Crippen LogP contribution is 2.40. The molecule has 4 rings (SSSR count). The summed E-state index contributed by atoms with van der Waals surface area (Å²) < 4.78 is 18.9. The van der Waals surface area contributed by atoms with Crippen molar-refractivity contribution < 1.29 is 18.8 Å². The minimum Gasteiger partial charge on any atom is -0.497 e. The molecule has 0 spiro atoms. The molecule has 0 aliphatic carbocycles. The smallest absolute Gasteiger partial charge is 0.209 e. The van der Waals surface area contributed by atoms with E-state index in [1.54, 1.807) is 21.3 Å². The highest BCUT2D eigenvalue weighted by molar-refractivity contribution is 6.05. The Hall–Kier alpha value is -3.47. The lowest BCUT2D eigenvalue weighted by molar-refractivity contribution is -0.401. The zero-order valence-corrected chi connectivity index (χ0v) is 18.9. The Labute approximate surface area is 183 Å². The lowest BCUT2D eigenvalue weighted by atomic mass is 9.81. The fourth-order valence-electron chi connectivity index (χ4n) is 4.38. The number of ether oxygens (including phenoxy) is 3. The number of rotatable bonds is 6. The number of aromatic nitrogens is 1. The number of nitrogens with one attached hydrogen (secondary N) is 1. The quantitative estimate of drug-likeness (QED) is 0.544. The average molecular weight is 418 g/mol. The summed E-state index contributed by atoms with van der Waals surface area (Å²) >= 11 is 0. The molecule has 0 fully saturated rings. The molecule has 5 nitrogen and oxygen atoms in total. The standard InChI is InChI=1S/C26H28N2O3/c1-26(2)19-9-7-8-10-22(19)28(3)25(26)14-12-20-24(31-6)16-21(27-20)18-15-17(29-4)11-13-23(18)30-5/h7-16H,1-6H3/p+1. The van der Waals surface area contributed by atoms with Crippen molar-refractivity contribution in [2.45, 2.75) is 19.3 Å². The maximum atomic E-state index is 5.66. The molecule has 0 saturated carbocycles. The number of methoxy groups -OCH3 is 3. The second-order valence-electron chi connectivity index (χ2n) is 8.15. The second-order valence-corrected chi connectivity index (χ2v) is 8.15. The molecule has 0 unspecified atom stereocenters. The fraction of sp³-hybridized carbons (Fsp3) is 0.269. The van der Waals surface area contributed by atoms with Crippen LogP contribution in [0.5, 0.6) is 17.2 Å². The van der Waals surface area contributed by atoms with E-state index in [9.17, 15) is 0 Å². The third-order valence-electron chi connectivity index (χ3n) is 6.08. The summed E-state index contributed by atoms with van der Waals surface area (Å²) in [7, 11) is 7.12. The number of hydrogen-bond acceptors (Lipinski definition) is 3. The lowest BCUT2D eigenvalue weighted by Crippen LogP contribution is -2.26. The van der Waals surface area contributed by atoms with Crippen molar-refractivity contribution in [1.29, 1.82) is 0 Å². The summed E-state index contributed by atoms with van der Waals surface area (Å²) in [5, 5.41) is 0. The van der Waals surface area contributed by atoms with Crippen molar-refractivity contribution in [2.24, 2.45) is 0 Å². The molecule has 1 aromatic heterocycles. The monoisotopic (exact) mass is 417 g/mol. The van der Waals surface area contributed by atoms with E-state index in [4.69, 9.17) is 14.2 Å². The topological polar surface area (TPSA) is 46.5 Å². The fourth-order valence-corrected chi connectivity index (χ4v) is 4.38. The van der Waals surface area contributed by atoms with Gasteiger partial charge in [-0.3, -0.25) is 0 Å². The molecule has 1 aliphatic rings. The molecule has 160 valence electrons. The van der Waals surface area contributed by atoms with Gasteiger partial charge in [-0.1, -0.05) is 18.2 Å². The first-order chi connectivity index (χ1) is 14.9. The summed E-state index contributed by atoms with van der Waals surface area (Å²) in [6.07, 6.45) is 4.25. The van der Waals surface area contributed by atoms with Gasteiger partial charge in [-0.05, 0) is 38.1 Å². The van der Waals surface area contributed by atoms with Gasteiger partial charge in [-0.25, -0.2) is 0 Å². The average Bonchev–Trinajstić information content (AvgIpc) is 3.28. The molecule has 1 N–H and O–H groups in total. The molecule has 3 aromatic rings. The molecule has 5 heteroatoms. The first kappa shape index (κ1) is 20.8. The zero-order valence-electron chi connectivity index (χ0n) is 18.9. The summed E-state index contributed by atoms with van der Waals surface area (Å²) in [5.74, 6) is 2.30. The van der Waals surface area contributed by atoms with Crippen LogP contribution in [0.1, 0.15) is 25.1 Å². The van der Waals surface area contributed by atoms with Gasteiger partial charge in [0.25, 0.3) is 0 Å². The Bertz CT molecular complexity index is 1190. The number of aromatic amines is 1. The van der Waals surface area contributed by atoms with Crippen LogP contribution in [-0.4, -0.2) is 43.6 Å². The van der Waals surface area contributed by atoms with E-state index in [1.807, 2.05) is 24.3 Å². The van der Waals surface area contributed by atoms with Gasteiger partial charge in [0.1, 0.15) is 24.3 Å². The maximum absolute atomic E-state index is 5.66. The number of hydrogen-bond donors (Lipinski definition) is 1. The molecule has 31 heavy (non-hydrogen) atoms. The van der Waals surface area contributed by atoms with Crippen LogP contribution in [0.2, 0.25) is 0 Å². The molecule has 1 aliphatic heterocycles. The van der Waals surface area contributed by atoms with Crippen LogP contribution >= 0.6 is 0 Å². The predicted molar refractivity (Wildman–Crippen MR) is 125 cm³/mol. The first-order valence-electron chi connectivity index (χ1n) is 10.3. The van der Waals surface area contributed by atoms with Crippen molar-refractivity contribution in [3.8, 4) is 28.5 Å². The molecule has 0 bridgehead atoms. The van der Waals surface area contributed by atoms with Crippen molar-refractivity contribution in [3.63, 3.8) is 0 Å². The van der Waals surface area contributed by atoms with Gasteiger partial charge >= 0.3 is 0 Å². The number of allylic oxidation sites excluding steroid dienone is 1. The number of nitrogens with zero attached hydrogens (tertiary/aromatic N) is 1. The zero-order chi connectivity index (χ0) is 22.2. The predicted octanol–water partition coefficient (Wildman–Crippen LogP) is 5.43. The Morgan fingerprint density at radius 2 is 1.61 bits per heavy atom. The molecule has 0 amide bonds. The Balaban J connectivity index is 1.74. The minimum absolute atomic E-state index is 0.0828. The summed E-state index contributed by atoms with van der Waals surface area (Å²) in [6, 6.07) is 16.3. The molecular weight excluding hydrogens is 388 g/mol. The van der Waals surface area contributed by atoms with Gasteiger partial charge in [-0.15, -0.1) is 0 Å². The Morgan fingerprint density at radius 1 is 0.871 bits per heavy atom. The molecule has 0 saturated heterocycles. The second kappa shape index (κ2) is 7.99. The maximum Gasteiger partial charge on any atom is 0.209 e. The molecular formula is C26H29N2O3+. The summed E-state index contributed by atoms with van der Waals surface area (Å²) in [6.45, 7) is 4.51. The Morgan fingerprint density at radius 3 is 2.29 bits per heavy atom. The normalized spacial score (nSPS) is 14.8. The van der Waals surface area contributed by atoms with Crippen molar-refractivity contribution in [2.75, 3.05) is 28.4 Å². The van der Waals surface area contributed by atoms with Gasteiger partial charge in [0, 0.05) is 29.3 Å². The van der Waals surface area contributed by atoms with Crippen LogP contribution < -0.4 is 14.2 Å². The molecule has 0 atom stereocenters. The highest BCUT2D eigenvalue weighted by atomic mass is 16.5. The van der Waals surface area contributed by atoms with E-state index in [0.717, 1.165) is 34.2 Å². The summed E-state index contributed by atoms with van der Waals surface area (Å²) in [4.78, 5) is 3.48. The number of fused-ring (bicyclic) bond motifs is 1. The summed E-state index contributed by atoms with van der Waals surface area (Å²) in [5.41, 5.74) is 6.43. The number of para-hydroxylation sites is 1. The van der Waals surface area contributed by atoms with Crippen LogP contribution in [0.3, 0.4) is 0 Å². The van der Waals surface area contributed by atoms with Gasteiger partial charge in [0.15, 0.2) is 5.71 Å². The van der Waals surface area contributed by atoms with Gasteiger partial charge in [0.2, 0.25) is 5.69 Å². The molecule has 2 heterocycles. The number of benzene rings is 2. The van der Waals surface area contributed by atoms with Crippen LogP contribution in [0, 0.1) is 0 Å². The van der Waals surface area contributed by atoms with E-state index in [1.165, 1.54) is 17.0 Å². The van der Waals surface area contributed by atoms with Gasteiger partial charge in [-0.2, -0.15) is 4.58 Å². The van der Waals surface area contributed by atoms with Crippen molar-refractivity contribution >= 4 is 17.5 Å². The van der Waals surface area contributed by atoms with Crippen LogP contribution in [0.4, 0.5) is 5.69 Å². The lowest BCUT2D eigenvalue weighted by Gasteiger charge is -2.15. The van der Waals surface area contributed by atoms with E-state index in [2.05, 4.69) is 66.9 Å². The van der Waals surface area contributed by atoms with E-state index in [-0.39, 0.29) is 5.41 Å². The van der Waals surface area contributed by atoms with Crippen molar-refractivity contribution in [3.05, 3.63) is 65.9 Å². The van der Waals surface area contributed by atoms with E-state index < -0.39 is 0 Å². The first-order valence-corrected chi connectivity index (χ1v) is 10.3. The molecule has 0 radical (unpaired) electrons. The third kappa shape index (κ3) is 3.50. The SMILES string of the molecule is COc1ccc(OC)c(-c2cc(OC)c(/C=C/C3=[N+](C)c4ccccc4C3(C)C)[nH]2)c1. The highest BCUT2D eigenvalue weighted by Gasteiger charge is 2.42. The van der Waals surface area contributed by atoms with Gasteiger partial charge < -0.3 is 19.2 Å². The number of H-pyrrole nitrogens is 1. The van der Waals surface area contributed by atoms with Gasteiger partial charge in [0.05, 0.1) is 38.1 Å². The van der Waals surface area contributed by atoms with Crippen molar-refractivity contribution in [1.82, 2.24) is 4.98 Å².